The fraction of sp³-hybridized carbons (Fsp3) is 0.533. The molecule has 0 N–H and O–H groups in total. The van der Waals surface area contributed by atoms with Crippen molar-refractivity contribution in [1.29, 1.82) is 0 Å². The van der Waals surface area contributed by atoms with E-state index in [1.165, 1.54) is 7.11 Å². The van der Waals surface area contributed by atoms with Crippen LogP contribution in [0.15, 0.2) is 24.3 Å². The fourth-order valence-electron chi connectivity index (χ4n) is 2.72. The lowest BCUT2D eigenvalue weighted by molar-refractivity contribution is -0.384. The number of esters is 1. The molecule has 0 amide bonds. The zero-order valence-electron chi connectivity index (χ0n) is 11.7. The predicted octanol–water partition coefficient (Wildman–Crippen LogP) is 3.29. The molecule has 0 saturated heterocycles. The van der Waals surface area contributed by atoms with Crippen LogP contribution in [0.4, 0.5) is 5.69 Å². The Kier molecular flexibility index (Phi) is 4.37. The molecule has 2 rings (SSSR count). The number of methoxy groups -OCH3 is 1. The molecule has 0 heterocycles. The second kappa shape index (κ2) is 6.03. The molecule has 0 radical (unpaired) electrons. The number of nitro groups is 1. The first-order valence-corrected chi connectivity index (χ1v) is 6.89. The molecule has 20 heavy (non-hydrogen) atoms. The summed E-state index contributed by atoms with van der Waals surface area (Å²) in [6.45, 7) is 2.10. The molecule has 0 bridgehead atoms. The maximum atomic E-state index is 11.4. The van der Waals surface area contributed by atoms with Crippen molar-refractivity contribution in [2.24, 2.45) is 11.8 Å². The Hall–Kier alpha value is -1.91. The van der Waals surface area contributed by atoms with Crippen LogP contribution in [0.3, 0.4) is 0 Å². The Bertz CT molecular complexity index is 497. The summed E-state index contributed by atoms with van der Waals surface area (Å²) in [4.78, 5) is 21.7. The lowest BCUT2D eigenvalue weighted by Crippen LogP contribution is -2.06. The summed E-state index contributed by atoms with van der Waals surface area (Å²) in [5, 5.41) is 10.6. The van der Waals surface area contributed by atoms with Crippen LogP contribution in [0.25, 0.3) is 0 Å². The quantitative estimate of drug-likeness (QED) is 0.454. The lowest BCUT2D eigenvalue weighted by Gasteiger charge is -2.15. The molecular weight excluding hydrogens is 258 g/mol. The largest absolute Gasteiger partial charge is 0.469 e. The monoisotopic (exact) mass is 277 g/mol. The number of non-ortho nitro benzene ring substituents is 1. The van der Waals surface area contributed by atoms with E-state index in [2.05, 4.69) is 6.92 Å². The van der Waals surface area contributed by atoms with Crippen LogP contribution in [0.5, 0.6) is 0 Å². The van der Waals surface area contributed by atoms with Gasteiger partial charge in [0.05, 0.1) is 18.0 Å². The van der Waals surface area contributed by atoms with Gasteiger partial charge < -0.3 is 4.74 Å². The minimum atomic E-state index is -0.390. The van der Waals surface area contributed by atoms with Gasteiger partial charge in [-0.2, -0.15) is 0 Å². The summed E-state index contributed by atoms with van der Waals surface area (Å²) in [5.41, 5.74) is 1.22. The standard InChI is InChI=1S/C15H19NO4/c1-3-10(8-12-9-14(12)15(17)20-2)11-4-6-13(7-5-11)16(18)19/h4-7,10,12,14H,3,8-9H2,1-2H3. The molecule has 108 valence electrons. The number of benzene rings is 1. The second-order valence-electron chi connectivity index (χ2n) is 5.31. The number of rotatable bonds is 6. The average molecular weight is 277 g/mol. The van der Waals surface area contributed by atoms with Crippen LogP contribution >= 0.6 is 0 Å². The molecule has 5 nitrogen and oxygen atoms in total. The first kappa shape index (κ1) is 14.5. The SMILES string of the molecule is CCC(CC1CC1C(=O)OC)c1ccc([N+](=O)[O-])cc1. The van der Waals surface area contributed by atoms with Crippen molar-refractivity contribution in [3.8, 4) is 0 Å². The number of hydrogen-bond acceptors (Lipinski definition) is 4. The molecule has 1 aromatic carbocycles. The van der Waals surface area contributed by atoms with Gasteiger partial charge in [-0.3, -0.25) is 14.9 Å². The van der Waals surface area contributed by atoms with Gasteiger partial charge in [-0.25, -0.2) is 0 Å². The molecule has 0 aliphatic heterocycles. The summed E-state index contributed by atoms with van der Waals surface area (Å²) in [6.07, 6.45) is 2.80. The molecular formula is C15H19NO4. The van der Waals surface area contributed by atoms with Crippen molar-refractivity contribution < 1.29 is 14.5 Å². The van der Waals surface area contributed by atoms with Gasteiger partial charge in [0.15, 0.2) is 0 Å². The normalized spacial score (nSPS) is 22.1. The smallest absolute Gasteiger partial charge is 0.308 e. The van der Waals surface area contributed by atoms with Crippen molar-refractivity contribution >= 4 is 11.7 Å². The summed E-state index contributed by atoms with van der Waals surface area (Å²) < 4.78 is 4.75. The van der Waals surface area contributed by atoms with Crippen molar-refractivity contribution in [3.05, 3.63) is 39.9 Å². The van der Waals surface area contributed by atoms with Crippen LogP contribution in [0.1, 0.15) is 37.7 Å². The maximum Gasteiger partial charge on any atom is 0.308 e. The third kappa shape index (κ3) is 3.15. The molecule has 0 aromatic heterocycles. The van der Waals surface area contributed by atoms with E-state index in [0.29, 0.717) is 11.8 Å². The van der Waals surface area contributed by atoms with Crippen molar-refractivity contribution in [2.45, 2.75) is 32.1 Å². The van der Waals surface area contributed by atoms with Gasteiger partial charge in [0.1, 0.15) is 0 Å². The van der Waals surface area contributed by atoms with Crippen LogP contribution in [-0.2, 0) is 9.53 Å². The van der Waals surface area contributed by atoms with E-state index >= 15 is 0 Å². The molecule has 1 aliphatic carbocycles. The molecule has 5 heteroatoms. The highest BCUT2D eigenvalue weighted by atomic mass is 16.6. The van der Waals surface area contributed by atoms with Gasteiger partial charge in [0.25, 0.3) is 5.69 Å². The highest BCUT2D eigenvalue weighted by Crippen LogP contribution is 2.46. The van der Waals surface area contributed by atoms with E-state index < -0.39 is 0 Å². The lowest BCUT2D eigenvalue weighted by atomic mass is 9.90. The first-order valence-electron chi connectivity index (χ1n) is 6.89. The highest BCUT2D eigenvalue weighted by molar-refractivity contribution is 5.75. The summed E-state index contributed by atoms with van der Waals surface area (Å²) in [5.74, 6) is 0.665. The van der Waals surface area contributed by atoms with E-state index in [0.717, 1.165) is 24.8 Å². The zero-order valence-corrected chi connectivity index (χ0v) is 11.7. The minimum Gasteiger partial charge on any atom is -0.469 e. The second-order valence-corrected chi connectivity index (χ2v) is 5.31. The molecule has 0 spiro atoms. The van der Waals surface area contributed by atoms with E-state index in [9.17, 15) is 14.9 Å². The fourth-order valence-corrected chi connectivity index (χ4v) is 2.72. The molecule has 3 unspecified atom stereocenters. The van der Waals surface area contributed by atoms with Gasteiger partial charge in [0, 0.05) is 12.1 Å². The van der Waals surface area contributed by atoms with Gasteiger partial charge in [-0.15, -0.1) is 0 Å². The van der Waals surface area contributed by atoms with E-state index in [1.807, 2.05) is 12.1 Å². The average Bonchev–Trinajstić information content (AvgIpc) is 3.23. The molecule has 1 aliphatic rings. The number of hydrogen-bond donors (Lipinski definition) is 0. The van der Waals surface area contributed by atoms with Gasteiger partial charge in [-0.05, 0) is 36.7 Å². The summed E-state index contributed by atoms with van der Waals surface area (Å²) in [7, 11) is 1.42. The van der Waals surface area contributed by atoms with Crippen LogP contribution in [0, 0.1) is 22.0 Å². The summed E-state index contributed by atoms with van der Waals surface area (Å²) >= 11 is 0. The Balaban J connectivity index is 1.99. The Morgan fingerprint density at radius 1 is 1.45 bits per heavy atom. The van der Waals surface area contributed by atoms with Crippen LogP contribution in [0.2, 0.25) is 0 Å². The van der Waals surface area contributed by atoms with E-state index in [4.69, 9.17) is 4.74 Å². The van der Waals surface area contributed by atoms with Gasteiger partial charge in [-0.1, -0.05) is 19.1 Å². The predicted molar refractivity (Wildman–Crippen MR) is 74.4 cm³/mol. The number of carbonyl (C=O) groups is 1. The third-order valence-electron chi connectivity index (χ3n) is 4.08. The zero-order chi connectivity index (χ0) is 14.7. The van der Waals surface area contributed by atoms with Crippen molar-refractivity contribution in [3.63, 3.8) is 0 Å². The number of ether oxygens (including phenoxy) is 1. The maximum absolute atomic E-state index is 11.4. The Morgan fingerprint density at radius 3 is 2.60 bits per heavy atom. The van der Waals surface area contributed by atoms with Crippen molar-refractivity contribution in [2.75, 3.05) is 7.11 Å². The Labute approximate surface area is 118 Å². The molecule has 1 fully saturated rings. The van der Waals surface area contributed by atoms with Crippen molar-refractivity contribution in [1.82, 2.24) is 0 Å². The Morgan fingerprint density at radius 2 is 2.10 bits per heavy atom. The molecule has 1 aromatic rings. The first-order chi connectivity index (χ1) is 9.56. The van der Waals surface area contributed by atoms with Crippen LogP contribution < -0.4 is 0 Å². The van der Waals surface area contributed by atoms with Gasteiger partial charge in [0.2, 0.25) is 0 Å². The number of nitrogens with zero attached hydrogens (tertiary/aromatic N) is 1. The van der Waals surface area contributed by atoms with Gasteiger partial charge >= 0.3 is 5.97 Å². The number of nitro benzene ring substituents is 1. The van der Waals surface area contributed by atoms with E-state index in [-0.39, 0.29) is 22.5 Å². The molecule has 3 atom stereocenters. The topological polar surface area (TPSA) is 69.4 Å². The minimum absolute atomic E-state index is 0.0482. The molecule has 1 saturated carbocycles. The highest BCUT2D eigenvalue weighted by Gasteiger charge is 2.44. The van der Waals surface area contributed by atoms with Crippen LogP contribution in [-0.4, -0.2) is 18.0 Å². The third-order valence-corrected chi connectivity index (χ3v) is 4.08. The summed E-state index contributed by atoms with van der Waals surface area (Å²) in [6, 6.07) is 6.73. The number of carbonyl (C=O) groups excluding carboxylic acids is 1. The van der Waals surface area contributed by atoms with E-state index in [1.54, 1.807) is 12.1 Å².